The first-order valence-corrected chi connectivity index (χ1v) is 5.79. The fraction of sp³-hybridized carbons (Fsp3) is 0.273. The Morgan fingerprint density at radius 2 is 2.19 bits per heavy atom. The van der Waals surface area contributed by atoms with E-state index in [0.717, 1.165) is 10.8 Å². The number of hydrogen-bond donors (Lipinski definition) is 1. The van der Waals surface area contributed by atoms with Gasteiger partial charge in [0.15, 0.2) is 5.01 Å². The number of anilines is 1. The zero-order valence-corrected chi connectivity index (χ0v) is 9.99. The molecular formula is C11H13N3OS. The fourth-order valence-electron chi connectivity index (χ4n) is 1.35. The Kier molecular flexibility index (Phi) is 3.05. The van der Waals surface area contributed by atoms with Gasteiger partial charge < -0.3 is 10.5 Å². The Morgan fingerprint density at radius 3 is 2.81 bits per heavy atom. The molecule has 16 heavy (non-hydrogen) atoms. The molecular weight excluding hydrogens is 222 g/mol. The number of ether oxygens (including phenoxy) is 1. The molecule has 2 aromatic rings. The van der Waals surface area contributed by atoms with E-state index in [4.69, 9.17) is 10.5 Å². The van der Waals surface area contributed by atoms with Crippen molar-refractivity contribution in [2.45, 2.75) is 20.0 Å². The van der Waals surface area contributed by atoms with Crippen molar-refractivity contribution in [3.05, 3.63) is 34.8 Å². The minimum Gasteiger partial charge on any atom is -0.483 e. The highest BCUT2D eigenvalue weighted by molar-refractivity contribution is 7.15. The number of nitrogens with zero attached hydrogens (tertiary/aromatic N) is 2. The van der Waals surface area contributed by atoms with Gasteiger partial charge in [-0.05, 0) is 31.5 Å². The van der Waals surface area contributed by atoms with Crippen LogP contribution in [0.1, 0.15) is 23.6 Å². The van der Waals surface area contributed by atoms with Crippen molar-refractivity contribution in [3.8, 4) is 5.75 Å². The summed E-state index contributed by atoms with van der Waals surface area (Å²) in [5.74, 6) is 0.835. The Labute approximate surface area is 98.1 Å². The van der Waals surface area contributed by atoms with Crippen LogP contribution in [0.4, 0.5) is 5.13 Å². The second-order valence-corrected chi connectivity index (χ2v) is 4.60. The van der Waals surface area contributed by atoms with Gasteiger partial charge in [0.1, 0.15) is 11.9 Å². The lowest BCUT2D eigenvalue weighted by molar-refractivity contribution is 0.225. The van der Waals surface area contributed by atoms with Crippen molar-refractivity contribution >= 4 is 16.5 Å². The summed E-state index contributed by atoms with van der Waals surface area (Å²) in [5, 5.41) is 8.97. The van der Waals surface area contributed by atoms with E-state index in [9.17, 15) is 0 Å². The summed E-state index contributed by atoms with van der Waals surface area (Å²) in [6.07, 6.45) is -0.128. The predicted molar refractivity (Wildman–Crippen MR) is 64.5 cm³/mol. The molecule has 5 heteroatoms. The standard InChI is InChI=1S/C11H13N3OS/c1-7-4-3-5-9(6-7)15-8(2)10-13-14-11(12)16-10/h3-6,8H,1-2H3,(H2,12,14). The van der Waals surface area contributed by atoms with E-state index in [1.807, 2.05) is 38.1 Å². The summed E-state index contributed by atoms with van der Waals surface area (Å²) in [5.41, 5.74) is 6.69. The van der Waals surface area contributed by atoms with Crippen LogP contribution in [-0.4, -0.2) is 10.2 Å². The lowest BCUT2D eigenvalue weighted by atomic mass is 10.2. The maximum Gasteiger partial charge on any atom is 0.203 e. The van der Waals surface area contributed by atoms with Crippen LogP contribution in [-0.2, 0) is 0 Å². The maximum atomic E-state index is 5.75. The van der Waals surface area contributed by atoms with Gasteiger partial charge in [-0.25, -0.2) is 0 Å². The van der Waals surface area contributed by atoms with Gasteiger partial charge in [-0.15, -0.1) is 10.2 Å². The Bertz CT molecular complexity index is 484. The summed E-state index contributed by atoms with van der Waals surface area (Å²) < 4.78 is 5.75. The van der Waals surface area contributed by atoms with E-state index >= 15 is 0 Å². The van der Waals surface area contributed by atoms with Gasteiger partial charge in [-0.2, -0.15) is 0 Å². The number of aromatic nitrogens is 2. The van der Waals surface area contributed by atoms with Gasteiger partial charge in [0.2, 0.25) is 5.13 Å². The third kappa shape index (κ3) is 2.49. The molecule has 0 saturated heterocycles. The molecule has 0 amide bonds. The van der Waals surface area contributed by atoms with E-state index in [-0.39, 0.29) is 6.10 Å². The SMILES string of the molecule is Cc1cccc(OC(C)c2nnc(N)s2)c1. The second kappa shape index (κ2) is 4.49. The van der Waals surface area contributed by atoms with E-state index in [1.165, 1.54) is 16.9 Å². The van der Waals surface area contributed by atoms with Crippen molar-refractivity contribution in [2.24, 2.45) is 0 Å². The lowest BCUT2D eigenvalue weighted by Gasteiger charge is -2.11. The van der Waals surface area contributed by atoms with Crippen LogP contribution in [0.25, 0.3) is 0 Å². The molecule has 0 aliphatic rings. The largest absolute Gasteiger partial charge is 0.483 e. The molecule has 4 nitrogen and oxygen atoms in total. The molecule has 1 aromatic heterocycles. The Morgan fingerprint density at radius 1 is 1.38 bits per heavy atom. The number of benzene rings is 1. The van der Waals surface area contributed by atoms with Crippen molar-refractivity contribution in [3.63, 3.8) is 0 Å². The molecule has 0 spiro atoms. The molecule has 2 rings (SSSR count). The topological polar surface area (TPSA) is 61.0 Å². The van der Waals surface area contributed by atoms with Crippen LogP contribution in [0, 0.1) is 6.92 Å². The Hall–Kier alpha value is -1.62. The molecule has 1 atom stereocenters. The highest BCUT2D eigenvalue weighted by atomic mass is 32.1. The first kappa shape index (κ1) is 10.9. The van der Waals surface area contributed by atoms with Crippen LogP contribution in [0.15, 0.2) is 24.3 Å². The van der Waals surface area contributed by atoms with E-state index in [1.54, 1.807) is 0 Å². The molecule has 1 unspecified atom stereocenters. The molecule has 0 aliphatic carbocycles. The van der Waals surface area contributed by atoms with Crippen LogP contribution >= 0.6 is 11.3 Å². The van der Waals surface area contributed by atoms with Crippen LogP contribution in [0.2, 0.25) is 0 Å². The molecule has 0 radical (unpaired) electrons. The molecule has 84 valence electrons. The number of rotatable bonds is 3. The van der Waals surface area contributed by atoms with Crippen LogP contribution in [0.5, 0.6) is 5.75 Å². The van der Waals surface area contributed by atoms with Crippen molar-refractivity contribution in [1.82, 2.24) is 10.2 Å². The summed E-state index contributed by atoms with van der Waals surface area (Å²) in [4.78, 5) is 0. The van der Waals surface area contributed by atoms with E-state index < -0.39 is 0 Å². The zero-order chi connectivity index (χ0) is 11.5. The second-order valence-electron chi connectivity index (χ2n) is 3.56. The molecule has 0 bridgehead atoms. The summed E-state index contributed by atoms with van der Waals surface area (Å²) in [6, 6.07) is 7.90. The van der Waals surface area contributed by atoms with Crippen LogP contribution < -0.4 is 10.5 Å². The first-order chi connectivity index (χ1) is 7.65. The minimum atomic E-state index is -0.128. The average molecular weight is 235 g/mol. The van der Waals surface area contributed by atoms with Gasteiger partial charge in [0.25, 0.3) is 0 Å². The third-order valence-corrected chi connectivity index (χ3v) is 3.02. The highest BCUT2D eigenvalue weighted by Crippen LogP contribution is 2.25. The van der Waals surface area contributed by atoms with Gasteiger partial charge >= 0.3 is 0 Å². The average Bonchev–Trinajstić information content (AvgIpc) is 2.65. The normalized spacial score (nSPS) is 12.4. The predicted octanol–water partition coefficient (Wildman–Crippen LogP) is 2.57. The number of aryl methyl sites for hydroxylation is 1. The lowest BCUT2D eigenvalue weighted by Crippen LogP contribution is -2.02. The van der Waals surface area contributed by atoms with Gasteiger partial charge in [-0.1, -0.05) is 23.5 Å². The molecule has 1 heterocycles. The minimum absolute atomic E-state index is 0.128. The summed E-state index contributed by atoms with van der Waals surface area (Å²) in [7, 11) is 0. The third-order valence-electron chi connectivity index (χ3n) is 2.11. The van der Waals surface area contributed by atoms with Gasteiger partial charge in [0, 0.05) is 0 Å². The summed E-state index contributed by atoms with van der Waals surface area (Å²) in [6.45, 7) is 3.96. The number of hydrogen-bond acceptors (Lipinski definition) is 5. The Balaban J connectivity index is 2.10. The van der Waals surface area contributed by atoms with Gasteiger partial charge in [0.05, 0.1) is 0 Å². The first-order valence-electron chi connectivity index (χ1n) is 4.97. The number of nitrogen functional groups attached to an aromatic ring is 1. The number of nitrogens with two attached hydrogens (primary N) is 1. The van der Waals surface area contributed by atoms with Crippen molar-refractivity contribution < 1.29 is 4.74 Å². The molecule has 1 aromatic carbocycles. The zero-order valence-electron chi connectivity index (χ0n) is 9.18. The molecule has 0 aliphatic heterocycles. The van der Waals surface area contributed by atoms with E-state index in [0.29, 0.717) is 5.13 Å². The highest BCUT2D eigenvalue weighted by Gasteiger charge is 2.12. The van der Waals surface area contributed by atoms with Gasteiger partial charge in [-0.3, -0.25) is 0 Å². The quantitative estimate of drug-likeness (QED) is 0.888. The summed E-state index contributed by atoms with van der Waals surface area (Å²) >= 11 is 1.35. The molecule has 0 fully saturated rings. The van der Waals surface area contributed by atoms with Crippen LogP contribution in [0.3, 0.4) is 0 Å². The van der Waals surface area contributed by atoms with Crippen molar-refractivity contribution in [1.29, 1.82) is 0 Å². The monoisotopic (exact) mass is 235 g/mol. The van der Waals surface area contributed by atoms with Crippen molar-refractivity contribution in [2.75, 3.05) is 5.73 Å². The smallest absolute Gasteiger partial charge is 0.203 e. The fourth-order valence-corrected chi connectivity index (χ4v) is 1.95. The maximum absolute atomic E-state index is 5.75. The van der Waals surface area contributed by atoms with E-state index in [2.05, 4.69) is 10.2 Å². The molecule has 0 saturated carbocycles. The molecule has 2 N–H and O–H groups in total.